The van der Waals surface area contributed by atoms with Gasteiger partial charge in [0.2, 0.25) is 0 Å². The van der Waals surface area contributed by atoms with Crippen LogP contribution in [0.15, 0.2) is 72.8 Å². The number of benzene rings is 4. The van der Waals surface area contributed by atoms with Gasteiger partial charge in [0, 0.05) is 17.7 Å². The second-order valence-electron chi connectivity index (χ2n) is 8.69. The predicted molar refractivity (Wildman–Crippen MR) is 135 cm³/mol. The lowest BCUT2D eigenvalue weighted by molar-refractivity contribution is -0.185. The van der Waals surface area contributed by atoms with E-state index in [4.69, 9.17) is 4.74 Å². The van der Waals surface area contributed by atoms with Gasteiger partial charge in [-0.25, -0.2) is 22.0 Å². The van der Waals surface area contributed by atoms with Crippen molar-refractivity contribution in [3.05, 3.63) is 119 Å². The minimum atomic E-state index is -3.94. The van der Waals surface area contributed by atoms with Gasteiger partial charge in [-0.3, -0.25) is 0 Å². The number of halogens is 7. The third-order valence-corrected chi connectivity index (χ3v) is 5.75. The van der Waals surface area contributed by atoms with Gasteiger partial charge >= 0.3 is 6.11 Å². The Labute approximate surface area is 226 Å². The molecule has 0 aliphatic rings. The van der Waals surface area contributed by atoms with Crippen molar-refractivity contribution in [3.8, 4) is 34.5 Å². The highest BCUT2D eigenvalue weighted by atomic mass is 19.3. The maximum absolute atomic E-state index is 14.8. The number of ether oxygens (including phenoxy) is 2. The molecule has 9 heteroatoms. The molecule has 2 nitrogen and oxygen atoms in total. The highest BCUT2D eigenvalue weighted by molar-refractivity contribution is 5.64. The zero-order chi connectivity index (χ0) is 28.9. The Kier molecular flexibility index (Phi) is 8.68. The van der Waals surface area contributed by atoms with Crippen LogP contribution in [0.1, 0.15) is 36.5 Å². The average Bonchev–Trinajstić information content (AvgIpc) is 2.91. The minimum Gasteiger partial charge on any atom is -0.494 e. The lowest BCUT2D eigenvalue weighted by Gasteiger charge is -2.19. The van der Waals surface area contributed by atoms with E-state index in [1.54, 1.807) is 24.3 Å². The van der Waals surface area contributed by atoms with Crippen LogP contribution in [-0.2, 0) is 6.11 Å². The van der Waals surface area contributed by atoms with Crippen LogP contribution >= 0.6 is 0 Å². The Bertz CT molecular complexity index is 1510. The van der Waals surface area contributed by atoms with Crippen molar-refractivity contribution in [3.63, 3.8) is 0 Å². The van der Waals surface area contributed by atoms with Crippen molar-refractivity contribution in [1.82, 2.24) is 0 Å². The molecule has 0 N–H and O–H groups in total. The highest BCUT2D eigenvalue weighted by Crippen LogP contribution is 2.34. The molecule has 206 valence electrons. The summed E-state index contributed by atoms with van der Waals surface area (Å²) in [6.45, 7) is 2.66. The number of rotatable bonds is 8. The molecule has 4 rings (SSSR count). The molecular weight excluding hydrogens is 537 g/mol. The molecule has 0 heterocycles. The standard InChI is InChI=1S/C31H21F7O2/c1-2-3-14-39-23-11-7-21(8-12-23)20-5-9-22(10-6-20)31(37,38)40-24-17-26(32)25(27(33)18-24)13-4-19-15-28(34)30(36)29(35)16-19/h5-12,15-18H,2-3,14H2,1H3. The average molecular weight is 558 g/mol. The summed E-state index contributed by atoms with van der Waals surface area (Å²) >= 11 is 0. The number of hydrogen-bond acceptors (Lipinski definition) is 2. The normalized spacial score (nSPS) is 11.1. The second-order valence-corrected chi connectivity index (χ2v) is 8.69. The minimum absolute atomic E-state index is 0.387. The lowest BCUT2D eigenvalue weighted by Crippen LogP contribution is -2.22. The van der Waals surface area contributed by atoms with E-state index in [1.165, 1.54) is 12.1 Å². The van der Waals surface area contributed by atoms with Crippen molar-refractivity contribution in [2.45, 2.75) is 25.9 Å². The summed E-state index contributed by atoms with van der Waals surface area (Å²) in [6, 6.07) is 14.4. The van der Waals surface area contributed by atoms with Crippen LogP contribution < -0.4 is 9.47 Å². The van der Waals surface area contributed by atoms with E-state index in [0.717, 1.165) is 30.5 Å². The Morgan fingerprint density at radius 1 is 0.675 bits per heavy atom. The van der Waals surface area contributed by atoms with Gasteiger partial charge in [0.05, 0.1) is 17.7 Å². The number of unbranched alkanes of at least 4 members (excludes halogenated alkanes) is 1. The monoisotopic (exact) mass is 558 g/mol. The summed E-state index contributed by atoms with van der Waals surface area (Å²) in [4.78, 5) is 0. The third kappa shape index (κ3) is 6.75. The van der Waals surface area contributed by atoms with Crippen molar-refractivity contribution in [2.75, 3.05) is 6.61 Å². The Balaban J connectivity index is 1.48. The van der Waals surface area contributed by atoms with Crippen molar-refractivity contribution < 1.29 is 40.2 Å². The maximum Gasteiger partial charge on any atom is 0.426 e. The van der Waals surface area contributed by atoms with Gasteiger partial charge in [0.25, 0.3) is 0 Å². The molecule has 0 aliphatic heterocycles. The third-order valence-electron chi connectivity index (χ3n) is 5.75. The van der Waals surface area contributed by atoms with Gasteiger partial charge in [-0.15, -0.1) is 0 Å². The molecule has 0 saturated heterocycles. The van der Waals surface area contributed by atoms with Crippen LogP contribution in [0, 0.1) is 40.9 Å². The Hall–Kier alpha value is -4.45. The summed E-state index contributed by atoms with van der Waals surface area (Å²) < 4.78 is 108. The lowest BCUT2D eigenvalue weighted by atomic mass is 10.0. The Morgan fingerprint density at radius 2 is 1.23 bits per heavy atom. The van der Waals surface area contributed by atoms with Gasteiger partial charge in [0.1, 0.15) is 23.1 Å². The van der Waals surface area contributed by atoms with Crippen LogP contribution in [0.25, 0.3) is 11.1 Å². The summed E-state index contributed by atoms with van der Waals surface area (Å²) in [7, 11) is 0. The SMILES string of the molecule is CCCCOc1ccc(-c2ccc(C(F)(F)Oc3cc(F)c(C#Cc4cc(F)c(F)c(F)c4)c(F)c3)cc2)cc1. The molecule has 0 aromatic heterocycles. The van der Waals surface area contributed by atoms with Crippen LogP contribution in [0.3, 0.4) is 0 Å². The van der Waals surface area contributed by atoms with E-state index in [0.29, 0.717) is 42.2 Å². The van der Waals surface area contributed by atoms with Crippen molar-refractivity contribution >= 4 is 0 Å². The molecule has 0 unspecified atom stereocenters. The summed E-state index contributed by atoms with van der Waals surface area (Å²) in [5.41, 5.74) is -0.374. The van der Waals surface area contributed by atoms with Crippen LogP contribution in [0.2, 0.25) is 0 Å². The van der Waals surface area contributed by atoms with E-state index < -0.39 is 52.1 Å². The molecule has 0 aliphatic carbocycles. The molecule has 0 fully saturated rings. The Morgan fingerprint density at radius 3 is 1.77 bits per heavy atom. The van der Waals surface area contributed by atoms with Gasteiger partial charge in [-0.05, 0) is 53.9 Å². The largest absolute Gasteiger partial charge is 0.494 e. The van der Waals surface area contributed by atoms with E-state index in [9.17, 15) is 30.7 Å². The number of alkyl halides is 2. The fourth-order valence-corrected chi connectivity index (χ4v) is 3.63. The second kappa shape index (κ2) is 12.2. The molecular formula is C31H21F7O2. The van der Waals surface area contributed by atoms with E-state index in [2.05, 4.69) is 17.6 Å². The molecule has 0 bridgehead atoms. The molecule has 0 saturated carbocycles. The molecule has 0 atom stereocenters. The summed E-state index contributed by atoms with van der Waals surface area (Å²) in [5, 5.41) is 0. The topological polar surface area (TPSA) is 18.5 Å². The van der Waals surface area contributed by atoms with Crippen molar-refractivity contribution in [2.24, 2.45) is 0 Å². The predicted octanol–water partition coefficient (Wildman–Crippen LogP) is 8.76. The summed E-state index contributed by atoms with van der Waals surface area (Å²) in [6.07, 6.45) is -2.00. The highest BCUT2D eigenvalue weighted by Gasteiger charge is 2.35. The number of hydrogen-bond donors (Lipinski definition) is 0. The first-order valence-electron chi connectivity index (χ1n) is 12.1. The first-order valence-corrected chi connectivity index (χ1v) is 12.1. The zero-order valence-electron chi connectivity index (χ0n) is 21.0. The van der Waals surface area contributed by atoms with Crippen LogP contribution in [0.5, 0.6) is 11.5 Å². The van der Waals surface area contributed by atoms with Gasteiger partial charge in [-0.2, -0.15) is 8.78 Å². The molecule has 0 amide bonds. The van der Waals surface area contributed by atoms with E-state index in [-0.39, 0.29) is 5.56 Å². The van der Waals surface area contributed by atoms with Crippen molar-refractivity contribution in [1.29, 1.82) is 0 Å². The fourth-order valence-electron chi connectivity index (χ4n) is 3.63. The van der Waals surface area contributed by atoms with Gasteiger partial charge < -0.3 is 9.47 Å². The smallest absolute Gasteiger partial charge is 0.426 e. The molecule has 0 radical (unpaired) electrons. The quantitative estimate of drug-likeness (QED) is 0.0932. The molecule has 4 aromatic carbocycles. The fraction of sp³-hybridized carbons (Fsp3) is 0.161. The van der Waals surface area contributed by atoms with Crippen LogP contribution in [0.4, 0.5) is 30.7 Å². The summed E-state index contributed by atoms with van der Waals surface area (Å²) in [5.74, 6) is -3.47. The molecule has 40 heavy (non-hydrogen) atoms. The first kappa shape index (κ1) is 28.6. The molecule has 4 aromatic rings. The van der Waals surface area contributed by atoms with Crippen LogP contribution in [-0.4, -0.2) is 6.61 Å². The molecule has 0 spiro atoms. The van der Waals surface area contributed by atoms with Gasteiger partial charge in [0.15, 0.2) is 17.5 Å². The van der Waals surface area contributed by atoms with E-state index >= 15 is 0 Å². The van der Waals surface area contributed by atoms with Gasteiger partial charge in [-0.1, -0.05) is 49.5 Å². The zero-order valence-corrected chi connectivity index (χ0v) is 21.0. The first-order chi connectivity index (χ1) is 19.1. The van der Waals surface area contributed by atoms with E-state index in [1.807, 2.05) is 5.92 Å². The maximum atomic E-state index is 14.8.